The number of rotatable bonds is 4. The van der Waals surface area contributed by atoms with E-state index >= 15 is 0 Å². The minimum atomic E-state index is -0.319. The molecule has 0 heterocycles. The maximum atomic E-state index is 6.40. The van der Waals surface area contributed by atoms with Crippen LogP contribution in [0.25, 0.3) is 0 Å². The van der Waals surface area contributed by atoms with Crippen LogP contribution in [-0.4, -0.2) is 10.5 Å². The second-order valence-corrected chi connectivity index (χ2v) is 5.85. The van der Waals surface area contributed by atoms with Crippen molar-refractivity contribution in [2.24, 2.45) is 0 Å². The van der Waals surface area contributed by atoms with Gasteiger partial charge in [0.15, 0.2) is 0 Å². The average molecular weight is 288 g/mol. The van der Waals surface area contributed by atoms with Crippen LogP contribution >= 0.6 is 0 Å². The Morgan fingerprint density at radius 3 is 1.19 bits per heavy atom. The molecule has 0 radical (unpaired) electrons. The summed E-state index contributed by atoms with van der Waals surface area (Å²) in [5, 5.41) is 12.0. The summed E-state index contributed by atoms with van der Waals surface area (Å²) in [6.07, 6.45) is 0. The lowest BCUT2D eigenvalue weighted by molar-refractivity contribution is -0.176. The van der Waals surface area contributed by atoms with Crippen LogP contribution in [0.2, 0.25) is 0 Å². The Labute approximate surface area is 126 Å². The van der Waals surface area contributed by atoms with Gasteiger partial charge in [-0.05, 0) is 38.8 Å². The van der Waals surface area contributed by atoms with Gasteiger partial charge in [-0.25, -0.2) is 0 Å². The second kappa shape index (κ2) is 7.36. The number of benzene rings is 2. The highest BCUT2D eigenvalue weighted by molar-refractivity contribution is 5.24. The van der Waals surface area contributed by atoms with Crippen molar-refractivity contribution < 1.29 is 15.3 Å². The first-order valence-corrected chi connectivity index (χ1v) is 6.93. The van der Waals surface area contributed by atoms with Gasteiger partial charge in [0.1, 0.15) is 0 Å². The van der Waals surface area contributed by atoms with Gasteiger partial charge < -0.3 is 4.74 Å². The van der Waals surface area contributed by atoms with E-state index in [0.29, 0.717) is 0 Å². The summed E-state index contributed by atoms with van der Waals surface area (Å²) >= 11 is 0. The zero-order valence-electron chi connectivity index (χ0n) is 13.1. The van der Waals surface area contributed by atoms with Crippen LogP contribution in [0.3, 0.4) is 0 Å². The van der Waals surface area contributed by atoms with E-state index < -0.39 is 0 Å². The molecule has 0 unspecified atom stereocenters. The van der Waals surface area contributed by atoms with Gasteiger partial charge in [0.25, 0.3) is 0 Å². The monoisotopic (exact) mass is 288 g/mol. The third-order valence-electron chi connectivity index (χ3n) is 3.45. The van der Waals surface area contributed by atoms with E-state index in [-0.39, 0.29) is 11.2 Å². The maximum Gasteiger partial charge on any atom is 0.0887 e. The predicted molar refractivity (Wildman–Crippen MR) is 85.3 cm³/mol. The molecule has 2 N–H and O–H groups in total. The van der Waals surface area contributed by atoms with Crippen LogP contribution < -0.4 is 0 Å². The normalized spacial score (nSPS) is 11.5. The van der Waals surface area contributed by atoms with E-state index in [2.05, 4.69) is 76.2 Å². The Morgan fingerprint density at radius 1 is 0.619 bits per heavy atom. The van der Waals surface area contributed by atoms with Crippen molar-refractivity contribution in [2.75, 3.05) is 0 Å². The highest BCUT2D eigenvalue weighted by Gasteiger charge is 2.31. The van der Waals surface area contributed by atoms with Gasteiger partial charge in [0, 0.05) is 0 Å². The molecule has 0 fully saturated rings. The molecule has 0 aliphatic rings. The number of hydrogen-bond acceptors (Lipinski definition) is 3. The van der Waals surface area contributed by atoms with Crippen molar-refractivity contribution in [1.29, 1.82) is 0 Å². The summed E-state index contributed by atoms with van der Waals surface area (Å²) in [6.45, 7) is 8.47. The lowest BCUT2D eigenvalue weighted by Gasteiger charge is -2.37. The summed E-state index contributed by atoms with van der Waals surface area (Å²) in [4.78, 5) is 0. The van der Waals surface area contributed by atoms with Crippen molar-refractivity contribution in [2.45, 2.75) is 38.9 Å². The van der Waals surface area contributed by atoms with Crippen molar-refractivity contribution in [3.05, 3.63) is 71.8 Å². The van der Waals surface area contributed by atoms with Crippen molar-refractivity contribution in [3.8, 4) is 0 Å². The summed E-state index contributed by atoms with van der Waals surface area (Å²) in [6, 6.07) is 20.7. The Morgan fingerprint density at radius 2 is 0.905 bits per heavy atom. The molecule has 3 nitrogen and oxygen atoms in total. The standard InChI is InChI=1S/C18H22O.H2O2/c1-17(2,15-11-7-5-8-12-15)19-18(3,4)16-13-9-6-10-14-16;1-2/h5-14H,1-4H3;1-2H. The van der Waals surface area contributed by atoms with Crippen LogP contribution in [0.5, 0.6) is 0 Å². The SMILES string of the molecule is CC(C)(OC(C)(C)c1ccccc1)c1ccccc1.OO. The Hall–Kier alpha value is -1.68. The molecule has 0 aromatic heterocycles. The van der Waals surface area contributed by atoms with Crippen LogP contribution in [0, 0.1) is 0 Å². The van der Waals surface area contributed by atoms with Gasteiger partial charge in [0.2, 0.25) is 0 Å². The molecule has 114 valence electrons. The highest BCUT2D eigenvalue weighted by Crippen LogP contribution is 2.35. The fraction of sp³-hybridized carbons (Fsp3) is 0.333. The van der Waals surface area contributed by atoms with E-state index in [1.165, 1.54) is 11.1 Å². The molecule has 21 heavy (non-hydrogen) atoms. The molecule has 0 bridgehead atoms. The fourth-order valence-electron chi connectivity index (χ4n) is 2.43. The minimum Gasteiger partial charge on any atom is -0.360 e. The van der Waals surface area contributed by atoms with Gasteiger partial charge in [0.05, 0.1) is 11.2 Å². The lowest BCUT2D eigenvalue weighted by atomic mass is 9.93. The van der Waals surface area contributed by atoms with E-state index in [4.69, 9.17) is 15.3 Å². The van der Waals surface area contributed by atoms with Gasteiger partial charge in [-0.1, -0.05) is 60.7 Å². The number of hydrogen-bond donors (Lipinski definition) is 2. The predicted octanol–water partition coefficient (Wildman–Crippen LogP) is 4.89. The summed E-state index contributed by atoms with van der Waals surface area (Å²) in [5.41, 5.74) is 1.75. The van der Waals surface area contributed by atoms with Gasteiger partial charge in [-0.2, -0.15) is 0 Å². The molecule has 0 aliphatic carbocycles. The molecule has 2 aromatic carbocycles. The Balaban J connectivity index is 0.00000106. The first-order chi connectivity index (χ1) is 9.92. The zero-order valence-corrected chi connectivity index (χ0v) is 13.1. The molecule has 0 amide bonds. The van der Waals surface area contributed by atoms with Crippen molar-refractivity contribution >= 4 is 0 Å². The molecule has 0 aliphatic heterocycles. The molecule has 0 saturated carbocycles. The summed E-state index contributed by atoms with van der Waals surface area (Å²) in [5.74, 6) is 0. The van der Waals surface area contributed by atoms with Crippen LogP contribution in [0.15, 0.2) is 60.7 Å². The van der Waals surface area contributed by atoms with Crippen molar-refractivity contribution in [3.63, 3.8) is 0 Å². The molecule has 2 rings (SSSR count). The van der Waals surface area contributed by atoms with Crippen molar-refractivity contribution in [1.82, 2.24) is 0 Å². The van der Waals surface area contributed by atoms with E-state index in [1.54, 1.807) is 0 Å². The second-order valence-electron chi connectivity index (χ2n) is 5.85. The van der Waals surface area contributed by atoms with Crippen LogP contribution in [0.4, 0.5) is 0 Å². The summed E-state index contributed by atoms with van der Waals surface area (Å²) < 4.78 is 6.40. The topological polar surface area (TPSA) is 49.7 Å². The van der Waals surface area contributed by atoms with Crippen LogP contribution in [0.1, 0.15) is 38.8 Å². The quantitative estimate of drug-likeness (QED) is 0.622. The number of ether oxygens (including phenoxy) is 1. The first-order valence-electron chi connectivity index (χ1n) is 6.93. The van der Waals surface area contributed by atoms with E-state index in [9.17, 15) is 0 Å². The van der Waals surface area contributed by atoms with E-state index in [0.717, 1.165) is 0 Å². The molecule has 3 heteroatoms. The average Bonchev–Trinajstić information content (AvgIpc) is 2.50. The molecule has 0 saturated heterocycles. The first kappa shape index (κ1) is 17.4. The van der Waals surface area contributed by atoms with Crippen LogP contribution in [-0.2, 0) is 15.9 Å². The Bertz CT molecular complexity index is 469. The third-order valence-corrected chi connectivity index (χ3v) is 3.45. The molecular weight excluding hydrogens is 264 g/mol. The van der Waals surface area contributed by atoms with Gasteiger partial charge in [-0.3, -0.25) is 10.5 Å². The van der Waals surface area contributed by atoms with Gasteiger partial charge >= 0.3 is 0 Å². The molecule has 0 spiro atoms. The molecule has 0 atom stereocenters. The van der Waals surface area contributed by atoms with Gasteiger partial charge in [-0.15, -0.1) is 0 Å². The fourth-order valence-corrected chi connectivity index (χ4v) is 2.43. The third kappa shape index (κ3) is 4.67. The summed E-state index contributed by atoms with van der Waals surface area (Å²) in [7, 11) is 0. The maximum absolute atomic E-state index is 6.40. The lowest BCUT2D eigenvalue weighted by Crippen LogP contribution is -2.33. The minimum absolute atomic E-state index is 0.319. The van der Waals surface area contributed by atoms with E-state index in [1.807, 2.05) is 12.1 Å². The Kier molecular flexibility index (Phi) is 6.09. The molecule has 2 aromatic rings. The smallest absolute Gasteiger partial charge is 0.0887 e. The largest absolute Gasteiger partial charge is 0.360 e. The molecular formula is C18H24O3. The highest BCUT2D eigenvalue weighted by atomic mass is 17.0. The zero-order chi connectivity index (χ0) is 15.9.